The molecule has 0 aromatic heterocycles. The predicted octanol–water partition coefficient (Wildman–Crippen LogP) is 3.26. The lowest BCUT2D eigenvalue weighted by Crippen LogP contribution is -1.99. The third-order valence-corrected chi connectivity index (χ3v) is 2.50. The van der Waals surface area contributed by atoms with Gasteiger partial charge in [-0.25, -0.2) is 0 Å². The van der Waals surface area contributed by atoms with E-state index < -0.39 is 6.10 Å². The Hall–Kier alpha value is -0.790. The Kier molecular flexibility index (Phi) is 3.12. The zero-order chi connectivity index (χ0) is 10.0. The van der Waals surface area contributed by atoms with Crippen molar-refractivity contribution >= 4 is 11.6 Å². The SMILES string of the molecule is C=C(C)C(O)c1cccc(C)c1Cl. The fourth-order valence-electron chi connectivity index (χ4n) is 1.15. The van der Waals surface area contributed by atoms with Gasteiger partial charge in [0.15, 0.2) is 0 Å². The second-order valence-corrected chi connectivity index (χ2v) is 3.60. The van der Waals surface area contributed by atoms with Crippen LogP contribution in [-0.4, -0.2) is 5.11 Å². The molecule has 0 amide bonds. The summed E-state index contributed by atoms with van der Waals surface area (Å²) in [7, 11) is 0. The van der Waals surface area contributed by atoms with Gasteiger partial charge in [0.2, 0.25) is 0 Å². The van der Waals surface area contributed by atoms with Crippen molar-refractivity contribution in [3.05, 3.63) is 46.5 Å². The van der Waals surface area contributed by atoms with Crippen LogP contribution >= 0.6 is 11.6 Å². The Labute approximate surface area is 83.7 Å². The van der Waals surface area contributed by atoms with Gasteiger partial charge in [0.05, 0.1) is 0 Å². The zero-order valence-electron chi connectivity index (χ0n) is 7.84. The van der Waals surface area contributed by atoms with Crippen LogP contribution in [0, 0.1) is 6.92 Å². The maximum atomic E-state index is 9.72. The molecule has 0 saturated carbocycles. The van der Waals surface area contributed by atoms with Gasteiger partial charge in [-0.1, -0.05) is 36.4 Å². The van der Waals surface area contributed by atoms with Gasteiger partial charge in [-0.2, -0.15) is 0 Å². The molecule has 1 aromatic rings. The molecule has 1 atom stereocenters. The van der Waals surface area contributed by atoms with Crippen LogP contribution in [0.2, 0.25) is 5.02 Å². The molecule has 2 heteroatoms. The summed E-state index contributed by atoms with van der Waals surface area (Å²) in [6, 6.07) is 5.61. The lowest BCUT2D eigenvalue weighted by molar-refractivity contribution is 0.216. The molecule has 0 radical (unpaired) electrons. The van der Waals surface area contributed by atoms with Crippen molar-refractivity contribution in [2.45, 2.75) is 20.0 Å². The molecule has 0 aliphatic carbocycles. The summed E-state index contributed by atoms with van der Waals surface area (Å²) in [6.07, 6.45) is -0.660. The van der Waals surface area contributed by atoms with Gasteiger partial charge >= 0.3 is 0 Å². The van der Waals surface area contributed by atoms with Gasteiger partial charge in [0.25, 0.3) is 0 Å². The van der Waals surface area contributed by atoms with Crippen molar-refractivity contribution in [2.24, 2.45) is 0 Å². The molecule has 1 aromatic carbocycles. The number of aliphatic hydroxyl groups excluding tert-OH is 1. The molecule has 1 N–H and O–H groups in total. The standard InChI is InChI=1S/C11H13ClO/c1-7(2)11(13)9-6-4-5-8(3)10(9)12/h4-6,11,13H,1H2,2-3H3. The van der Waals surface area contributed by atoms with E-state index in [2.05, 4.69) is 6.58 Å². The van der Waals surface area contributed by atoms with Crippen LogP contribution in [0.1, 0.15) is 24.2 Å². The van der Waals surface area contributed by atoms with Crippen molar-refractivity contribution < 1.29 is 5.11 Å². The Morgan fingerprint density at radius 1 is 1.54 bits per heavy atom. The minimum absolute atomic E-state index is 0.623. The highest BCUT2D eigenvalue weighted by atomic mass is 35.5. The number of halogens is 1. The molecular weight excluding hydrogens is 184 g/mol. The molecule has 0 bridgehead atoms. The summed E-state index contributed by atoms with van der Waals surface area (Å²) in [5, 5.41) is 10.3. The van der Waals surface area contributed by atoms with E-state index in [1.165, 1.54) is 0 Å². The molecule has 1 nitrogen and oxygen atoms in total. The highest BCUT2D eigenvalue weighted by molar-refractivity contribution is 6.32. The second kappa shape index (κ2) is 3.95. The Morgan fingerprint density at radius 2 is 2.15 bits per heavy atom. The molecule has 1 rings (SSSR count). The largest absolute Gasteiger partial charge is 0.384 e. The van der Waals surface area contributed by atoms with Crippen molar-refractivity contribution in [1.29, 1.82) is 0 Å². The molecule has 0 saturated heterocycles. The third kappa shape index (κ3) is 2.11. The molecule has 70 valence electrons. The molecule has 0 heterocycles. The smallest absolute Gasteiger partial charge is 0.101 e. The Morgan fingerprint density at radius 3 is 2.69 bits per heavy atom. The molecule has 1 unspecified atom stereocenters. The monoisotopic (exact) mass is 196 g/mol. The van der Waals surface area contributed by atoms with Crippen LogP contribution in [0.5, 0.6) is 0 Å². The van der Waals surface area contributed by atoms with Crippen LogP contribution < -0.4 is 0 Å². The minimum atomic E-state index is -0.660. The van der Waals surface area contributed by atoms with E-state index in [-0.39, 0.29) is 0 Å². The number of hydrogen-bond acceptors (Lipinski definition) is 1. The van der Waals surface area contributed by atoms with Gasteiger partial charge in [0, 0.05) is 10.6 Å². The van der Waals surface area contributed by atoms with Crippen LogP contribution in [0.15, 0.2) is 30.4 Å². The second-order valence-electron chi connectivity index (χ2n) is 3.23. The lowest BCUT2D eigenvalue weighted by atomic mass is 10.0. The van der Waals surface area contributed by atoms with Gasteiger partial charge < -0.3 is 5.11 Å². The van der Waals surface area contributed by atoms with Crippen LogP contribution in [0.3, 0.4) is 0 Å². The van der Waals surface area contributed by atoms with E-state index in [1.807, 2.05) is 25.1 Å². The quantitative estimate of drug-likeness (QED) is 0.720. The van der Waals surface area contributed by atoms with E-state index in [4.69, 9.17) is 11.6 Å². The maximum absolute atomic E-state index is 9.72. The van der Waals surface area contributed by atoms with Crippen LogP contribution in [-0.2, 0) is 0 Å². The van der Waals surface area contributed by atoms with E-state index in [0.29, 0.717) is 10.6 Å². The minimum Gasteiger partial charge on any atom is -0.384 e. The first-order valence-corrected chi connectivity index (χ1v) is 4.50. The third-order valence-electron chi connectivity index (χ3n) is 1.98. The summed E-state index contributed by atoms with van der Waals surface area (Å²) in [5.41, 5.74) is 2.40. The first-order chi connectivity index (χ1) is 6.04. The first-order valence-electron chi connectivity index (χ1n) is 4.12. The fraction of sp³-hybridized carbons (Fsp3) is 0.273. The van der Waals surface area contributed by atoms with E-state index >= 15 is 0 Å². The van der Waals surface area contributed by atoms with Crippen molar-refractivity contribution in [3.8, 4) is 0 Å². The first kappa shape index (κ1) is 10.3. The molecule has 0 spiro atoms. The van der Waals surface area contributed by atoms with E-state index in [0.717, 1.165) is 11.1 Å². The summed E-state index contributed by atoms with van der Waals surface area (Å²) in [4.78, 5) is 0. The highest BCUT2D eigenvalue weighted by Gasteiger charge is 2.12. The average Bonchev–Trinajstić information content (AvgIpc) is 2.08. The fourth-order valence-corrected chi connectivity index (χ4v) is 1.38. The number of aryl methyl sites for hydroxylation is 1. The summed E-state index contributed by atoms with van der Waals surface area (Å²) in [5.74, 6) is 0. The van der Waals surface area contributed by atoms with Crippen LogP contribution in [0.25, 0.3) is 0 Å². The molecule has 0 aliphatic rings. The Bertz CT molecular complexity index is 331. The Balaban J connectivity index is 3.15. The van der Waals surface area contributed by atoms with E-state index in [9.17, 15) is 5.11 Å². The highest BCUT2D eigenvalue weighted by Crippen LogP contribution is 2.29. The zero-order valence-corrected chi connectivity index (χ0v) is 8.60. The summed E-state index contributed by atoms with van der Waals surface area (Å²) in [6.45, 7) is 7.39. The van der Waals surface area contributed by atoms with Gasteiger partial charge in [-0.15, -0.1) is 0 Å². The van der Waals surface area contributed by atoms with E-state index in [1.54, 1.807) is 6.92 Å². The molecule has 13 heavy (non-hydrogen) atoms. The number of hydrogen-bond donors (Lipinski definition) is 1. The summed E-state index contributed by atoms with van der Waals surface area (Å²) >= 11 is 6.03. The van der Waals surface area contributed by atoms with Gasteiger partial charge in [0.1, 0.15) is 6.10 Å². The molecule has 0 fully saturated rings. The lowest BCUT2D eigenvalue weighted by Gasteiger charge is -2.13. The normalized spacial score (nSPS) is 12.6. The van der Waals surface area contributed by atoms with Crippen molar-refractivity contribution in [1.82, 2.24) is 0 Å². The van der Waals surface area contributed by atoms with Crippen LogP contribution in [0.4, 0.5) is 0 Å². The van der Waals surface area contributed by atoms with Crippen molar-refractivity contribution in [3.63, 3.8) is 0 Å². The number of aliphatic hydroxyl groups is 1. The molecular formula is C11H13ClO. The molecule has 0 aliphatic heterocycles. The summed E-state index contributed by atoms with van der Waals surface area (Å²) < 4.78 is 0. The van der Waals surface area contributed by atoms with Gasteiger partial charge in [-0.3, -0.25) is 0 Å². The predicted molar refractivity (Wildman–Crippen MR) is 56.0 cm³/mol. The number of rotatable bonds is 2. The maximum Gasteiger partial charge on any atom is 0.101 e. The van der Waals surface area contributed by atoms with Gasteiger partial charge in [-0.05, 0) is 25.0 Å². The average molecular weight is 197 g/mol. The number of benzene rings is 1. The topological polar surface area (TPSA) is 20.2 Å². The van der Waals surface area contributed by atoms with Crippen molar-refractivity contribution in [2.75, 3.05) is 0 Å².